The number of nitrogens with zero attached hydrogens (tertiary/aromatic N) is 3. The van der Waals surface area contributed by atoms with E-state index < -0.39 is 0 Å². The number of hydrogen-bond donors (Lipinski definition) is 2. The topological polar surface area (TPSA) is 75.2 Å². The molecule has 7 heteroatoms. The molecule has 0 radical (unpaired) electrons. The van der Waals surface area contributed by atoms with Gasteiger partial charge in [-0.15, -0.1) is 0 Å². The predicted molar refractivity (Wildman–Crippen MR) is 123 cm³/mol. The van der Waals surface area contributed by atoms with Crippen LogP contribution in [0.5, 0.6) is 5.88 Å². The zero-order chi connectivity index (χ0) is 21.2. The molecule has 0 bridgehead atoms. The average molecular weight is 415 g/mol. The Balaban J connectivity index is 1.52. The summed E-state index contributed by atoms with van der Waals surface area (Å²) in [5.41, 5.74) is 4.65. The van der Waals surface area contributed by atoms with Crippen LogP contribution in [0.4, 0.5) is 5.69 Å². The third kappa shape index (κ3) is 3.92. The number of anilines is 1. The number of aryl methyl sites for hydroxylation is 1. The minimum absolute atomic E-state index is 0.201. The van der Waals surface area contributed by atoms with Gasteiger partial charge in [0.2, 0.25) is 5.88 Å². The van der Waals surface area contributed by atoms with Crippen LogP contribution in [0.3, 0.4) is 0 Å². The second-order valence-corrected chi connectivity index (χ2v) is 7.75. The summed E-state index contributed by atoms with van der Waals surface area (Å²) in [6.45, 7) is 4.34. The zero-order valence-corrected chi connectivity index (χ0v) is 17.5. The predicted octanol–water partition coefficient (Wildman–Crippen LogP) is 2.92. The minimum Gasteiger partial charge on any atom is -0.474 e. The first-order chi connectivity index (χ1) is 15.2. The van der Waals surface area contributed by atoms with Crippen LogP contribution in [0.15, 0.2) is 65.5 Å². The number of H-pyrrole nitrogens is 1. The normalized spacial score (nSPS) is 14.2. The number of aromatic amines is 1. The summed E-state index contributed by atoms with van der Waals surface area (Å²) in [5.74, 6) is 0.433. The molecule has 1 aliphatic heterocycles. The number of benzene rings is 2. The largest absolute Gasteiger partial charge is 0.474 e. The Bertz CT molecular complexity index is 1260. The first-order valence-corrected chi connectivity index (χ1v) is 10.5. The molecule has 2 N–H and O–H groups in total. The van der Waals surface area contributed by atoms with Gasteiger partial charge in [-0.3, -0.25) is 14.5 Å². The fraction of sp³-hybridized carbons (Fsp3) is 0.250. The molecule has 1 saturated heterocycles. The zero-order valence-electron chi connectivity index (χ0n) is 17.5. The molecule has 0 saturated carbocycles. The summed E-state index contributed by atoms with van der Waals surface area (Å²) in [4.78, 5) is 17.2. The number of piperazine rings is 1. The third-order valence-corrected chi connectivity index (χ3v) is 5.68. The van der Waals surface area contributed by atoms with Gasteiger partial charge in [0.05, 0.1) is 11.1 Å². The first-order valence-electron chi connectivity index (χ1n) is 10.5. The molecule has 0 spiro atoms. The molecule has 3 heterocycles. The van der Waals surface area contributed by atoms with E-state index in [1.165, 1.54) is 11.8 Å². The summed E-state index contributed by atoms with van der Waals surface area (Å²) in [6.07, 6.45) is 0. The van der Waals surface area contributed by atoms with Gasteiger partial charge in [-0.1, -0.05) is 30.3 Å². The maximum Gasteiger partial charge on any atom is 0.250 e. The number of fused-ring (bicyclic) bond motifs is 1. The van der Waals surface area contributed by atoms with Gasteiger partial charge in [0.15, 0.2) is 0 Å². The lowest BCUT2D eigenvalue weighted by molar-refractivity contribution is 0.294. The summed E-state index contributed by atoms with van der Waals surface area (Å²) >= 11 is 0. The van der Waals surface area contributed by atoms with Crippen LogP contribution < -0.4 is 20.5 Å². The van der Waals surface area contributed by atoms with Gasteiger partial charge in [0.25, 0.3) is 5.56 Å². The summed E-state index contributed by atoms with van der Waals surface area (Å²) < 4.78 is 7.91. The van der Waals surface area contributed by atoms with Crippen molar-refractivity contribution in [1.82, 2.24) is 20.1 Å². The van der Waals surface area contributed by atoms with Gasteiger partial charge in [0.1, 0.15) is 12.3 Å². The monoisotopic (exact) mass is 415 g/mol. The molecule has 1 fully saturated rings. The second-order valence-electron chi connectivity index (χ2n) is 7.75. The van der Waals surface area contributed by atoms with Crippen molar-refractivity contribution in [2.75, 3.05) is 31.1 Å². The number of pyridine rings is 1. The molecule has 2 aromatic carbocycles. The maximum atomic E-state index is 12.0. The van der Waals surface area contributed by atoms with Crippen LogP contribution in [-0.4, -0.2) is 40.9 Å². The van der Waals surface area contributed by atoms with Gasteiger partial charge < -0.3 is 15.0 Å². The van der Waals surface area contributed by atoms with Gasteiger partial charge in [-0.2, -0.15) is 5.10 Å². The molecule has 31 heavy (non-hydrogen) atoms. The van der Waals surface area contributed by atoms with E-state index in [4.69, 9.17) is 9.84 Å². The molecule has 0 aliphatic carbocycles. The van der Waals surface area contributed by atoms with E-state index in [1.54, 1.807) is 6.07 Å². The van der Waals surface area contributed by atoms with E-state index in [1.807, 2.05) is 42.1 Å². The smallest absolute Gasteiger partial charge is 0.250 e. The lowest BCUT2D eigenvalue weighted by Gasteiger charge is -2.29. The highest BCUT2D eigenvalue weighted by Gasteiger charge is 2.18. The number of aromatic nitrogens is 3. The second kappa shape index (κ2) is 8.28. The van der Waals surface area contributed by atoms with E-state index in [9.17, 15) is 4.79 Å². The van der Waals surface area contributed by atoms with E-state index in [-0.39, 0.29) is 5.56 Å². The third-order valence-electron chi connectivity index (χ3n) is 5.68. The molecule has 0 atom stereocenters. The Labute approximate surface area is 180 Å². The van der Waals surface area contributed by atoms with Crippen molar-refractivity contribution in [3.05, 3.63) is 76.6 Å². The van der Waals surface area contributed by atoms with Crippen molar-refractivity contribution in [2.24, 2.45) is 7.05 Å². The van der Waals surface area contributed by atoms with Crippen LogP contribution in [0.1, 0.15) is 5.56 Å². The van der Waals surface area contributed by atoms with Crippen molar-refractivity contribution in [3.63, 3.8) is 0 Å². The number of ether oxygens (including phenoxy) is 1. The van der Waals surface area contributed by atoms with Gasteiger partial charge in [0, 0.05) is 50.4 Å². The molecule has 4 aromatic rings. The van der Waals surface area contributed by atoms with Crippen molar-refractivity contribution in [3.8, 4) is 17.1 Å². The Kier molecular flexibility index (Phi) is 5.18. The lowest BCUT2D eigenvalue weighted by Crippen LogP contribution is -2.43. The molecule has 0 unspecified atom stereocenters. The van der Waals surface area contributed by atoms with Crippen molar-refractivity contribution >= 4 is 16.6 Å². The average Bonchev–Trinajstić information content (AvgIpc) is 3.14. The summed E-state index contributed by atoms with van der Waals surface area (Å²) in [7, 11) is 1.95. The van der Waals surface area contributed by atoms with Crippen molar-refractivity contribution in [1.29, 1.82) is 0 Å². The Morgan fingerprint density at radius 3 is 2.65 bits per heavy atom. The SMILES string of the molecule is Cn1nc(-c2ccc(=O)[nH]c2OCc2ccccc2)c2ccc(N3CCNCC3)cc21. The number of rotatable bonds is 5. The first kappa shape index (κ1) is 19.4. The van der Waals surface area contributed by atoms with E-state index >= 15 is 0 Å². The Hall–Kier alpha value is -3.58. The minimum atomic E-state index is -0.201. The number of nitrogens with one attached hydrogen (secondary N) is 2. The fourth-order valence-electron chi connectivity index (χ4n) is 4.05. The van der Waals surface area contributed by atoms with E-state index in [0.717, 1.165) is 53.9 Å². The molecule has 158 valence electrons. The van der Waals surface area contributed by atoms with Gasteiger partial charge >= 0.3 is 0 Å². The molecular weight excluding hydrogens is 390 g/mol. The molecule has 0 amide bonds. The van der Waals surface area contributed by atoms with Crippen molar-refractivity contribution in [2.45, 2.75) is 6.61 Å². The highest BCUT2D eigenvalue weighted by molar-refractivity contribution is 5.96. The Morgan fingerprint density at radius 1 is 1.03 bits per heavy atom. The van der Waals surface area contributed by atoms with Crippen LogP contribution >= 0.6 is 0 Å². The lowest BCUT2D eigenvalue weighted by atomic mass is 10.1. The molecular formula is C24H25N5O2. The summed E-state index contributed by atoms with van der Waals surface area (Å²) in [5, 5.41) is 9.19. The van der Waals surface area contributed by atoms with E-state index in [2.05, 4.69) is 33.4 Å². The highest BCUT2D eigenvalue weighted by atomic mass is 16.5. The highest BCUT2D eigenvalue weighted by Crippen LogP contribution is 2.34. The van der Waals surface area contributed by atoms with Crippen LogP contribution in [0.2, 0.25) is 0 Å². The van der Waals surface area contributed by atoms with E-state index in [0.29, 0.717) is 12.5 Å². The molecule has 1 aliphatic rings. The maximum absolute atomic E-state index is 12.0. The van der Waals surface area contributed by atoms with Crippen LogP contribution in [0.25, 0.3) is 22.2 Å². The van der Waals surface area contributed by atoms with Crippen molar-refractivity contribution < 1.29 is 4.74 Å². The quantitative estimate of drug-likeness (QED) is 0.524. The van der Waals surface area contributed by atoms with Gasteiger partial charge in [-0.05, 0) is 29.8 Å². The molecule has 5 rings (SSSR count). The standard InChI is InChI=1S/C24H25N5O2/c1-28-21-15-18(29-13-11-25-12-14-29)7-8-19(21)23(27-28)20-9-10-22(30)26-24(20)31-16-17-5-3-2-4-6-17/h2-10,15,25H,11-14,16H2,1H3,(H,26,30). The summed E-state index contributed by atoms with van der Waals surface area (Å²) in [6, 6.07) is 19.6. The van der Waals surface area contributed by atoms with Gasteiger partial charge in [-0.25, -0.2) is 0 Å². The van der Waals surface area contributed by atoms with Crippen LogP contribution in [-0.2, 0) is 13.7 Å². The fourth-order valence-corrected chi connectivity index (χ4v) is 4.05. The van der Waals surface area contributed by atoms with Crippen LogP contribution in [0, 0.1) is 0 Å². The number of hydrogen-bond acceptors (Lipinski definition) is 5. The Morgan fingerprint density at radius 2 is 1.84 bits per heavy atom. The molecule has 7 nitrogen and oxygen atoms in total. The molecule has 2 aromatic heterocycles.